The number of nitrogens with one attached hydrogen (secondary N) is 1. The van der Waals surface area contributed by atoms with Crippen LogP contribution >= 0.6 is 11.3 Å². The zero-order valence-electron chi connectivity index (χ0n) is 14.8. The number of aromatic nitrogens is 3. The molecule has 0 saturated carbocycles. The van der Waals surface area contributed by atoms with Gasteiger partial charge in [-0.25, -0.2) is 8.78 Å². The number of hydrogen-bond acceptors (Lipinski definition) is 4. The largest absolute Gasteiger partial charge is 0.309 e. The van der Waals surface area contributed by atoms with E-state index in [9.17, 15) is 8.78 Å². The summed E-state index contributed by atoms with van der Waals surface area (Å²) < 4.78 is 26.1. The predicted octanol–water partition coefficient (Wildman–Crippen LogP) is 4.30. The van der Waals surface area contributed by atoms with Crippen molar-refractivity contribution < 1.29 is 8.78 Å². The molecule has 0 bridgehead atoms. The van der Waals surface area contributed by atoms with E-state index in [2.05, 4.69) is 28.4 Å². The fourth-order valence-electron chi connectivity index (χ4n) is 2.72. The number of rotatable bonds is 8. The van der Waals surface area contributed by atoms with Gasteiger partial charge in [-0.1, -0.05) is 6.07 Å². The van der Waals surface area contributed by atoms with Gasteiger partial charge in [-0.3, -0.25) is 9.67 Å². The zero-order chi connectivity index (χ0) is 18.5. The van der Waals surface area contributed by atoms with Gasteiger partial charge in [0.05, 0.1) is 4.88 Å². The molecule has 0 amide bonds. The highest BCUT2D eigenvalue weighted by Crippen LogP contribution is 2.26. The Bertz CT molecular complexity index is 843. The van der Waals surface area contributed by atoms with Crippen molar-refractivity contribution in [2.24, 2.45) is 0 Å². The molecular formula is C19H22F2N4S. The normalized spacial score (nSPS) is 12.7. The molecule has 1 atom stereocenters. The molecule has 0 aliphatic rings. The third kappa shape index (κ3) is 5.19. The molecule has 0 saturated heterocycles. The summed E-state index contributed by atoms with van der Waals surface area (Å²) in [7, 11) is 0. The summed E-state index contributed by atoms with van der Waals surface area (Å²) in [5.41, 5.74) is 2.85. The number of thiophene rings is 1. The quantitative estimate of drug-likeness (QED) is 0.637. The van der Waals surface area contributed by atoms with Crippen LogP contribution in [0, 0.1) is 6.92 Å². The molecule has 0 unspecified atom stereocenters. The van der Waals surface area contributed by atoms with E-state index in [1.165, 1.54) is 9.56 Å². The molecule has 0 radical (unpaired) electrons. The van der Waals surface area contributed by atoms with Gasteiger partial charge in [-0.05, 0) is 44.2 Å². The molecule has 3 rings (SSSR count). The monoisotopic (exact) mass is 376 g/mol. The van der Waals surface area contributed by atoms with Crippen LogP contribution < -0.4 is 5.32 Å². The number of halogens is 2. The van der Waals surface area contributed by atoms with Crippen LogP contribution in [0.2, 0.25) is 0 Å². The van der Waals surface area contributed by atoms with E-state index >= 15 is 0 Å². The van der Waals surface area contributed by atoms with E-state index in [1.807, 2.05) is 31.2 Å². The van der Waals surface area contributed by atoms with Crippen molar-refractivity contribution in [3.63, 3.8) is 0 Å². The Morgan fingerprint density at radius 3 is 2.81 bits per heavy atom. The first-order valence-electron chi connectivity index (χ1n) is 8.56. The SMILES string of the molecule is Cc1cccc(C[C@H](C)NCc2ccc(-c3ccn(CC(F)F)n3)s2)n1. The lowest BCUT2D eigenvalue weighted by Gasteiger charge is -2.12. The molecule has 26 heavy (non-hydrogen) atoms. The summed E-state index contributed by atoms with van der Waals surface area (Å²) in [4.78, 5) is 6.71. The lowest BCUT2D eigenvalue weighted by Crippen LogP contribution is -2.27. The van der Waals surface area contributed by atoms with E-state index in [1.54, 1.807) is 23.6 Å². The van der Waals surface area contributed by atoms with Crippen LogP contribution in [0.15, 0.2) is 42.6 Å². The molecule has 0 spiro atoms. The molecule has 3 heterocycles. The van der Waals surface area contributed by atoms with Crippen LogP contribution in [0.4, 0.5) is 8.78 Å². The number of aryl methyl sites for hydroxylation is 1. The standard InChI is InChI=1S/C19H22F2N4S/c1-13-4-3-5-15(23-13)10-14(2)22-11-16-6-7-18(26-16)17-8-9-25(24-17)12-19(20)21/h3-9,14,19,22H,10-12H2,1-2H3/t14-/m0/s1. The topological polar surface area (TPSA) is 42.7 Å². The molecule has 1 N–H and O–H groups in total. The first kappa shape index (κ1) is 18.7. The van der Waals surface area contributed by atoms with Gasteiger partial charge >= 0.3 is 0 Å². The number of hydrogen-bond donors (Lipinski definition) is 1. The summed E-state index contributed by atoms with van der Waals surface area (Å²) in [5, 5.41) is 7.72. The van der Waals surface area contributed by atoms with E-state index in [4.69, 9.17) is 0 Å². The van der Waals surface area contributed by atoms with Gasteiger partial charge in [0, 0.05) is 41.5 Å². The molecule has 138 valence electrons. The van der Waals surface area contributed by atoms with Gasteiger partial charge in [0.25, 0.3) is 6.43 Å². The smallest absolute Gasteiger partial charge is 0.257 e. The maximum absolute atomic E-state index is 12.4. The summed E-state index contributed by atoms with van der Waals surface area (Å²) in [5.74, 6) is 0. The minimum absolute atomic E-state index is 0.306. The lowest BCUT2D eigenvalue weighted by atomic mass is 10.1. The highest BCUT2D eigenvalue weighted by atomic mass is 32.1. The second-order valence-electron chi connectivity index (χ2n) is 6.34. The van der Waals surface area contributed by atoms with E-state index in [0.29, 0.717) is 6.04 Å². The van der Waals surface area contributed by atoms with E-state index in [-0.39, 0.29) is 6.54 Å². The second kappa shape index (κ2) is 8.51. The summed E-state index contributed by atoms with van der Waals surface area (Å²) in [6.07, 6.45) is 0.0730. The summed E-state index contributed by atoms with van der Waals surface area (Å²) in [6, 6.07) is 12.2. The average molecular weight is 376 g/mol. The summed E-state index contributed by atoms with van der Waals surface area (Å²) >= 11 is 1.63. The van der Waals surface area contributed by atoms with Crippen molar-refractivity contribution in [1.82, 2.24) is 20.1 Å². The van der Waals surface area contributed by atoms with Crippen LogP contribution in [-0.2, 0) is 19.5 Å². The van der Waals surface area contributed by atoms with Gasteiger partial charge < -0.3 is 5.32 Å². The van der Waals surface area contributed by atoms with Crippen LogP contribution in [0.25, 0.3) is 10.6 Å². The fourth-order valence-corrected chi connectivity index (χ4v) is 3.64. The second-order valence-corrected chi connectivity index (χ2v) is 7.50. The van der Waals surface area contributed by atoms with E-state index in [0.717, 1.165) is 34.9 Å². The Morgan fingerprint density at radius 1 is 1.19 bits per heavy atom. The summed E-state index contributed by atoms with van der Waals surface area (Å²) in [6.45, 7) is 4.53. The van der Waals surface area contributed by atoms with Crippen LogP contribution in [-0.4, -0.2) is 27.2 Å². The highest BCUT2D eigenvalue weighted by Gasteiger charge is 2.10. The molecule has 3 aromatic heterocycles. The van der Waals surface area contributed by atoms with Crippen LogP contribution in [0.3, 0.4) is 0 Å². The number of pyridine rings is 1. The van der Waals surface area contributed by atoms with Crippen LogP contribution in [0.1, 0.15) is 23.2 Å². The molecule has 4 nitrogen and oxygen atoms in total. The van der Waals surface area contributed by atoms with Crippen LogP contribution in [0.5, 0.6) is 0 Å². The number of alkyl halides is 2. The molecule has 7 heteroatoms. The van der Waals surface area contributed by atoms with Crippen molar-refractivity contribution >= 4 is 11.3 Å². The molecule has 0 aromatic carbocycles. The fraction of sp³-hybridized carbons (Fsp3) is 0.368. The van der Waals surface area contributed by atoms with Gasteiger partial charge in [-0.2, -0.15) is 5.10 Å². The van der Waals surface area contributed by atoms with Gasteiger partial charge in [-0.15, -0.1) is 11.3 Å². The Hall–Kier alpha value is -2.12. The Balaban J connectivity index is 1.54. The van der Waals surface area contributed by atoms with Crippen molar-refractivity contribution in [1.29, 1.82) is 0 Å². The van der Waals surface area contributed by atoms with Gasteiger partial charge in [0.1, 0.15) is 12.2 Å². The molecule has 0 aliphatic heterocycles. The first-order chi connectivity index (χ1) is 12.5. The first-order valence-corrected chi connectivity index (χ1v) is 9.38. The van der Waals surface area contributed by atoms with E-state index < -0.39 is 6.43 Å². The third-order valence-corrected chi connectivity index (χ3v) is 5.07. The maximum Gasteiger partial charge on any atom is 0.257 e. The molecular weight excluding hydrogens is 354 g/mol. The Morgan fingerprint density at radius 2 is 2.04 bits per heavy atom. The Kier molecular flexibility index (Phi) is 6.11. The molecule has 0 aliphatic carbocycles. The van der Waals surface area contributed by atoms with Gasteiger partial charge in [0.2, 0.25) is 0 Å². The van der Waals surface area contributed by atoms with Crippen molar-refractivity contribution in [3.05, 3.63) is 58.9 Å². The van der Waals surface area contributed by atoms with Crippen molar-refractivity contribution in [2.75, 3.05) is 0 Å². The minimum atomic E-state index is -2.39. The van der Waals surface area contributed by atoms with Gasteiger partial charge in [0.15, 0.2) is 0 Å². The van der Waals surface area contributed by atoms with Crippen molar-refractivity contribution in [3.8, 4) is 10.6 Å². The predicted molar refractivity (Wildman–Crippen MR) is 101 cm³/mol. The highest BCUT2D eigenvalue weighted by molar-refractivity contribution is 7.15. The lowest BCUT2D eigenvalue weighted by molar-refractivity contribution is 0.122. The molecule has 3 aromatic rings. The zero-order valence-corrected chi connectivity index (χ0v) is 15.6. The maximum atomic E-state index is 12.4. The third-order valence-electron chi connectivity index (χ3n) is 3.97. The Labute approximate surface area is 155 Å². The molecule has 0 fully saturated rings. The average Bonchev–Trinajstić information content (AvgIpc) is 3.21. The minimum Gasteiger partial charge on any atom is -0.309 e. The number of nitrogens with zero attached hydrogens (tertiary/aromatic N) is 3. The van der Waals surface area contributed by atoms with Crippen molar-refractivity contribution in [2.45, 2.75) is 45.8 Å².